The first-order chi connectivity index (χ1) is 13.0. The summed E-state index contributed by atoms with van der Waals surface area (Å²) in [7, 11) is 0. The van der Waals surface area contributed by atoms with Gasteiger partial charge in [-0.1, -0.05) is 18.2 Å². The van der Waals surface area contributed by atoms with Gasteiger partial charge in [0.2, 0.25) is 11.8 Å². The number of carbonyl (C=O) groups is 2. The number of piperidine rings is 1. The lowest BCUT2D eigenvalue weighted by Crippen LogP contribution is -2.58. The lowest BCUT2D eigenvalue weighted by molar-refractivity contribution is -0.153. The van der Waals surface area contributed by atoms with Crippen LogP contribution in [0.5, 0.6) is 5.75 Å². The number of rotatable bonds is 5. The summed E-state index contributed by atoms with van der Waals surface area (Å²) in [4.78, 5) is 29.4. The number of ether oxygens (including phenoxy) is 2. The van der Waals surface area contributed by atoms with E-state index in [9.17, 15) is 9.59 Å². The third-order valence-electron chi connectivity index (χ3n) is 5.36. The first-order valence-electron chi connectivity index (χ1n) is 9.82. The van der Waals surface area contributed by atoms with E-state index < -0.39 is 0 Å². The molecule has 2 heterocycles. The summed E-state index contributed by atoms with van der Waals surface area (Å²) in [5.41, 5.74) is -0.287. The topological polar surface area (TPSA) is 59.1 Å². The van der Waals surface area contributed by atoms with E-state index in [1.807, 2.05) is 54.0 Å². The molecule has 0 aromatic heterocycles. The van der Waals surface area contributed by atoms with Gasteiger partial charge in [0.1, 0.15) is 5.75 Å². The minimum atomic E-state index is -0.287. The maximum Gasteiger partial charge on any atom is 0.228 e. The van der Waals surface area contributed by atoms with Crippen LogP contribution in [0.3, 0.4) is 0 Å². The Kier molecular flexibility index (Phi) is 6.37. The Bertz CT molecular complexity index is 647. The molecule has 1 aromatic rings. The highest BCUT2D eigenvalue weighted by Crippen LogP contribution is 2.26. The molecule has 1 atom stereocenters. The van der Waals surface area contributed by atoms with Crippen LogP contribution in [0.25, 0.3) is 0 Å². The molecule has 2 aliphatic heterocycles. The monoisotopic (exact) mass is 374 g/mol. The standard InChI is InChI=1S/C21H30N2O4/c1-21(2)16-26-14-12-23(21)20(25)17-7-6-11-22(15-17)19(24)10-13-27-18-8-4-3-5-9-18/h3-5,8-9,17H,6-7,10-16H2,1-2H3. The number of para-hydroxylation sites is 1. The molecule has 2 saturated heterocycles. The SMILES string of the molecule is CC1(C)COCCN1C(=O)C1CCCN(C(=O)CCOc2ccccc2)C1. The number of benzene rings is 1. The Morgan fingerprint density at radius 3 is 2.74 bits per heavy atom. The number of hydrogen-bond donors (Lipinski definition) is 0. The molecule has 1 aromatic carbocycles. The first kappa shape index (κ1) is 19.7. The maximum absolute atomic E-state index is 13.0. The van der Waals surface area contributed by atoms with Crippen LogP contribution in [0.15, 0.2) is 30.3 Å². The van der Waals surface area contributed by atoms with Crippen LogP contribution in [0, 0.1) is 5.92 Å². The molecule has 1 unspecified atom stereocenters. The van der Waals surface area contributed by atoms with E-state index in [0.717, 1.165) is 25.1 Å². The van der Waals surface area contributed by atoms with Gasteiger partial charge in [0.25, 0.3) is 0 Å². The van der Waals surface area contributed by atoms with Gasteiger partial charge in [-0.25, -0.2) is 0 Å². The predicted molar refractivity (Wildman–Crippen MR) is 102 cm³/mol. The van der Waals surface area contributed by atoms with Crippen molar-refractivity contribution in [2.24, 2.45) is 5.92 Å². The molecule has 0 radical (unpaired) electrons. The van der Waals surface area contributed by atoms with Gasteiger partial charge in [-0.05, 0) is 38.8 Å². The summed E-state index contributed by atoms with van der Waals surface area (Å²) in [6.07, 6.45) is 2.04. The molecule has 3 rings (SSSR count). The average molecular weight is 374 g/mol. The summed E-state index contributed by atoms with van der Waals surface area (Å²) in [5.74, 6) is 0.868. The Balaban J connectivity index is 1.51. The van der Waals surface area contributed by atoms with Gasteiger partial charge < -0.3 is 19.3 Å². The summed E-state index contributed by atoms with van der Waals surface area (Å²) < 4.78 is 11.1. The Morgan fingerprint density at radius 2 is 2.00 bits per heavy atom. The largest absolute Gasteiger partial charge is 0.493 e. The summed E-state index contributed by atoms with van der Waals surface area (Å²) in [6.45, 7) is 7.44. The predicted octanol–water partition coefficient (Wildman–Crippen LogP) is 2.33. The van der Waals surface area contributed by atoms with Gasteiger partial charge in [-0.2, -0.15) is 0 Å². The molecule has 0 saturated carbocycles. The molecule has 6 nitrogen and oxygen atoms in total. The molecule has 0 spiro atoms. The van der Waals surface area contributed by atoms with Crippen molar-refractivity contribution in [2.75, 3.05) is 39.5 Å². The van der Waals surface area contributed by atoms with Crippen molar-refractivity contribution >= 4 is 11.8 Å². The van der Waals surface area contributed by atoms with Gasteiger partial charge in [-0.3, -0.25) is 9.59 Å². The molecule has 2 aliphatic rings. The van der Waals surface area contributed by atoms with Crippen LogP contribution < -0.4 is 4.74 Å². The fourth-order valence-electron chi connectivity index (χ4n) is 3.82. The molecule has 27 heavy (non-hydrogen) atoms. The van der Waals surface area contributed by atoms with Crippen LogP contribution in [0.4, 0.5) is 0 Å². The minimum Gasteiger partial charge on any atom is -0.493 e. The van der Waals surface area contributed by atoms with Crippen molar-refractivity contribution in [1.82, 2.24) is 9.80 Å². The quantitative estimate of drug-likeness (QED) is 0.794. The highest BCUT2D eigenvalue weighted by atomic mass is 16.5. The van der Waals surface area contributed by atoms with Crippen molar-refractivity contribution < 1.29 is 19.1 Å². The number of likely N-dealkylation sites (tertiary alicyclic amines) is 1. The Morgan fingerprint density at radius 1 is 1.22 bits per heavy atom. The second-order valence-corrected chi connectivity index (χ2v) is 7.95. The molecular weight excluding hydrogens is 344 g/mol. The van der Waals surface area contributed by atoms with Gasteiger partial charge in [0.05, 0.1) is 37.7 Å². The number of carbonyl (C=O) groups excluding carboxylic acids is 2. The number of morpholine rings is 1. The van der Waals surface area contributed by atoms with Crippen molar-refractivity contribution in [3.8, 4) is 5.75 Å². The van der Waals surface area contributed by atoms with E-state index >= 15 is 0 Å². The second kappa shape index (κ2) is 8.74. The summed E-state index contributed by atoms with van der Waals surface area (Å²) in [6, 6.07) is 9.50. The highest BCUT2D eigenvalue weighted by molar-refractivity contribution is 5.82. The average Bonchev–Trinajstić information content (AvgIpc) is 2.68. The van der Waals surface area contributed by atoms with E-state index in [-0.39, 0.29) is 23.3 Å². The van der Waals surface area contributed by atoms with Crippen LogP contribution in [0.2, 0.25) is 0 Å². The Hall–Kier alpha value is -2.08. The number of amides is 2. The molecule has 0 N–H and O–H groups in total. The Labute approximate surface area is 161 Å². The lowest BCUT2D eigenvalue weighted by atomic mass is 9.93. The lowest BCUT2D eigenvalue weighted by Gasteiger charge is -2.45. The molecule has 0 bridgehead atoms. The van der Waals surface area contributed by atoms with E-state index in [1.54, 1.807) is 0 Å². The second-order valence-electron chi connectivity index (χ2n) is 7.95. The fourth-order valence-corrected chi connectivity index (χ4v) is 3.82. The van der Waals surface area contributed by atoms with Crippen molar-refractivity contribution in [3.05, 3.63) is 30.3 Å². The van der Waals surface area contributed by atoms with Gasteiger partial charge in [0, 0.05) is 19.6 Å². The van der Waals surface area contributed by atoms with E-state index in [1.165, 1.54) is 0 Å². The first-order valence-corrected chi connectivity index (χ1v) is 9.82. The molecule has 0 aliphatic carbocycles. The minimum absolute atomic E-state index is 0.0599. The van der Waals surface area contributed by atoms with E-state index in [0.29, 0.717) is 39.3 Å². The fraction of sp³-hybridized carbons (Fsp3) is 0.619. The highest BCUT2D eigenvalue weighted by Gasteiger charge is 2.39. The zero-order valence-electron chi connectivity index (χ0n) is 16.4. The number of hydrogen-bond acceptors (Lipinski definition) is 4. The summed E-state index contributed by atoms with van der Waals surface area (Å²) >= 11 is 0. The van der Waals surface area contributed by atoms with E-state index in [4.69, 9.17) is 9.47 Å². The molecule has 148 valence electrons. The zero-order valence-corrected chi connectivity index (χ0v) is 16.4. The van der Waals surface area contributed by atoms with Crippen molar-refractivity contribution in [1.29, 1.82) is 0 Å². The van der Waals surface area contributed by atoms with Gasteiger partial charge in [-0.15, -0.1) is 0 Å². The third kappa shape index (κ3) is 5.01. The van der Waals surface area contributed by atoms with Crippen molar-refractivity contribution in [2.45, 2.75) is 38.6 Å². The molecule has 6 heteroatoms. The van der Waals surface area contributed by atoms with Crippen molar-refractivity contribution in [3.63, 3.8) is 0 Å². The van der Waals surface area contributed by atoms with Crippen LogP contribution in [-0.2, 0) is 14.3 Å². The zero-order chi connectivity index (χ0) is 19.3. The summed E-state index contributed by atoms with van der Waals surface area (Å²) in [5, 5.41) is 0. The van der Waals surface area contributed by atoms with Gasteiger partial charge in [0.15, 0.2) is 0 Å². The van der Waals surface area contributed by atoms with Crippen LogP contribution in [0.1, 0.15) is 33.1 Å². The molecule has 2 fully saturated rings. The normalized spacial score (nSPS) is 22.4. The third-order valence-corrected chi connectivity index (χ3v) is 5.36. The number of nitrogens with zero attached hydrogens (tertiary/aromatic N) is 2. The smallest absolute Gasteiger partial charge is 0.228 e. The molecular formula is C21H30N2O4. The van der Waals surface area contributed by atoms with Crippen LogP contribution >= 0.6 is 0 Å². The van der Waals surface area contributed by atoms with E-state index in [2.05, 4.69) is 0 Å². The van der Waals surface area contributed by atoms with Gasteiger partial charge >= 0.3 is 0 Å². The van der Waals surface area contributed by atoms with Crippen LogP contribution in [-0.4, -0.2) is 66.6 Å². The maximum atomic E-state index is 13.0. The molecule has 2 amide bonds.